The van der Waals surface area contributed by atoms with Crippen molar-refractivity contribution >= 4 is 49.1 Å². The van der Waals surface area contributed by atoms with E-state index in [2.05, 4.69) is 192 Å². The molecule has 0 atom stereocenters. The number of allylic oxidation sites excluding steroid dienone is 2. The molecule has 0 unspecified atom stereocenters. The molecule has 69 heavy (non-hydrogen) atoms. The van der Waals surface area contributed by atoms with E-state index in [1.165, 1.54) is 66.1 Å². The average Bonchev–Trinajstić information content (AvgIpc) is 3.24. The van der Waals surface area contributed by atoms with Crippen molar-refractivity contribution in [1.29, 1.82) is 0 Å². The van der Waals surface area contributed by atoms with Gasteiger partial charge < -0.3 is 5.11 Å². The van der Waals surface area contributed by atoms with Gasteiger partial charge in [-0.15, -0.1) is 58.3 Å². The van der Waals surface area contributed by atoms with Gasteiger partial charge in [-0.2, -0.15) is 13.2 Å². The number of aliphatic hydroxyl groups excluding tert-OH is 1. The minimum atomic E-state index is -4.90. The number of ketones is 1. The van der Waals surface area contributed by atoms with Crippen molar-refractivity contribution in [2.45, 2.75) is 127 Å². The second kappa shape index (κ2) is 21.5. The molecule has 0 amide bonds. The van der Waals surface area contributed by atoms with Crippen molar-refractivity contribution in [3.8, 4) is 22.5 Å². The fourth-order valence-electron chi connectivity index (χ4n) is 9.27. The zero-order chi connectivity index (χ0) is 50.0. The molecule has 8 heteroatoms. The number of alkyl halides is 3. The Balaban J connectivity index is 0.000000203. The fourth-order valence-corrected chi connectivity index (χ4v) is 9.27. The van der Waals surface area contributed by atoms with Crippen LogP contribution in [0.25, 0.3) is 65.9 Å². The number of pyridine rings is 2. The second-order valence-electron chi connectivity index (χ2n) is 20.3. The number of aromatic nitrogens is 2. The van der Waals surface area contributed by atoms with Crippen molar-refractivity contribution in [3.05, 3.63) is 166 Å². The number of carbonyl (C=O) groups excluding carboxylic acids is 1. The third-order valence-electron chi connectivity index (χ3n) is 12.6. The van der Waals surface area contributed by atoms with Crippen LogP contribution in [0.1, 0.15) is 113 Å². The number of halogens is 3. The molecular formula is C61H65F3IrN2O2-2. The first-order valence-corrected chi connectivity index (χ1v) is 23.5. The first kappa shape index (κ1) is 54.3. The standard InChI is InChI=1S/2C26H26N.C9H13F3O2.Ir/c2*1-16-11-17(2)25-18(3)13-23(27-24(25)12-16)20-14-19-9-7-8-10-21(19)22(15-20)26(4,5)6;1-3-6(4-2)7(13)5-8(14)9(10,11)12;/h2*7-13,15H,1-6H3;5-6,13H,3-4H2,1-2H3;/q2*-1;;/b;;7-5-;. The van der Waals surface area contributed by atoms with Gasteiger partial charge in [-0.25, -0.2) is 0 Å². The predicted octanol–water partition coefficient (Wildman–Crippen LogP) is 17.1. The van der Waals surface area contributed by atoms with Gasteiger partial charge in [-0.05, 0) is 111 Å². The zero-order valence-corrected chi connectivity index (χ0v) is 44.9. The molecule has 0 saturated carbocycles. The topological polar surface area (TPSA) is 63.1 Å². The Morgan fingerprint density at radius 1 is 0.594 bits per heavy atom. The number of hydrogen-bond acceptors (Lipinski definition) is 4. The molecule has 0 fully saturated rings. The summed E-state index contributed by atoms with van der Waals surface area (Å²) in [6.45, 7) is 30.0. The molecule has 4 nitrogen and oxygen atoms in total. The van der Waals surface area contributed by atoms with Crippen LogP contribution in [0.5, 0.6) is 0 Å². The van der Waals surface area contributed by atoms with Gasteiger partial charge in [0, 0.05) is 54.3 Å². The van der Waals surface area contributed by atoms with Gasteiger partial charge in [-0.3, -0.25) is 14.8 Å². The van der Waals surface area contributed by atoms with Gasteiger partial charge in [0.05, 0.1) is 16.8 Å². The molecule has 0 saturated heterocycles. The van der Waals surface area contributed by atoms with Crippen LogP contribution in [-0.2, 0) is 35.7 Å². The molecule has 363 valence electrons. The Hall–Kier alpha value is -5.69. The van der Waals surface area contributed by atoms with E-state index in [0.717, 1.165) is 44.3 Å². The van der Waals surface area contributed by atoms with Crippen LogP contribution in [0.4, 0.5) is 13.2 Å². The van der Waals surface area contributed by atoms with Gasteiger partial charge in [0.2, 0.25) is 0 Å². The van der Waals surface area contributed by atoms with Crippen LogP contribution in [0.15, 0.2) is 109 Å². The molecule has 0 aliphatic carbocycles. The van der Waals surface area contributed by atoms with Crippen molar-refractivity contribution in [2.24, 2.45) is 5.92 Å². The quantitative estimate of drug-likeness (QED) is 0.102. The van der Waals surface area contributed by atoms with Crippen LogP contribution in [-0.4, -0.2) is 27.0 Å². The summed E-state index contributed by atoms with van der Waals surface area (Å²) in [5.41, 5.74) is 16.7. The Bertz CT molecular complexity index is 3010. The Kier molecular flexibility index (Phi) is 16.9. The van der Waals surface area contributed by atoms with Crippen molar-refractivity contribution < 1.29 is 43.2 Å². The van der Waals surface area contributed by atoms with Gasteiger partial charge >= 0.3 is 6.18 Å². The second-order valence-corrected chi connectivity index (χ2v) is 20.3. The normalized spacial score (nSPS) is 12.2. The SMILES string of the molecule is CCC(CC)/C(O)=C/C(=O)C(F)(F)F.Cc1cc(C)c2c(C)cc(-c3[c-]c4ccccc4c(C(C)(C)C)c3)nc2c1.Cc1cc(C)c2c(C)cc(-c3[c-]c4ccccc4c(C(C)(C)C)c3)nc2c1.[Ir]. The van der Waals surface area contributed by atoms with Crippen molar-refractivity contribution in [1.82, 2.24) is 9.97 Å². The summed E-state index contributed by atoms with van der Waals surface area (Å²) in [6, 6.07) is 42.1. The number of rotatable bonds is 6. The Morgan fingerprint density at radius 3 is 1.30 bits per heavy atom. The van der Waals surface area contributed by atoms with Crippen molar-refractivity contribution in [2.75, 3.05) is 0 Å². The molecule has 0 bridgehead atoms. The number of nitrogens with zero attached hydrogens (tertiary/aromatic N) is 2. The van der Waals surface area contributed by atoms with E-state index in [-0.39, 0.29) is 42.9 Å². The summed E-state index contributed by atoms with van der Waals surface area (Å²) in [4.78, 5) is 20.5. The van der Waals surface area contributed by atoms with E-state index in [9.17, 15) is 23.1 Å². The molecular weight excluding hydrogens is 1040 g/mol. The zero-order valence-electron chi connectivity index (χ0n) is 42.5. The third kappa shape index (κ3) is 12.6. The van der Waals surface area contributed by atoms with Gasteiger partial charge in [0.1, 0.15) is 0 Å². The minimum Gasteiger partial charge on any atom is -0.512 e. The number of benzene rings is 6. The van der Waals surface area contributed by atoms with E-state index >= 15 is 0 Å². The summed E-state index contributed by atoms with van der Waals surface area (Å²) in [5.74, 6) is -2.87. The number of aryl methyl sites for hydroxylation is 6. The molecule has 6 aromatic carbocycles. The maximum atomic E-state index is 11.8. The molecule has 0 aliphatic heterocycles. The smallest absolute Gasteiger partial charge is 0.454 e. The maximum absolute atomic E-state index is 11.8. The number of hydrogen-bond donors (Lipinski definition) is 1. The Labute approximate surface area is 420 Å². The molecule has 0 aliphatic rings. The summed E-state index contributed by atoms with van der Waals surface area (Å²) in [7, 11) is 0. The van der Waals surface area contributed by atoms with Crippen LogP contribution in [0.2, 0.25) is 0 Å². The Morgan fingerprint density at radius 2 is 0.957 bits per heavy atom. The number of fused-ring (bicyclic) bond motifs is 4. The summed E-state index contributed by atoms with van der Waals surface area (Å²) in [6.07, 6.45) is -3.63. The minimum absolute atomic E-state index is 0. The van der Waals surface area contributed by atoms with E-state index in [1.54, 1.807) is 13.8 Å². The summed E-state index contributed by atoms with van der Waals surface area (Å²) in [5, 5.41) is 16.6. The third-order valence-corrected chi connectivity index (χ3v) is 12.6. The molecule has 2 aromatic heterocycles. The van der Waals surface area contributed by atoms with Gasteiger partial charge in [0.15, 0.2) is 0 Å². The maximum Gasteiger partial charge on any atom is 0.454 e. The molecule has 0 spiro atoms. The monoisotopic (exact) mass is 1110 g/mol. The predicted molar refractivity (Wildman–Crippen MR) is 279 cm³/mol. The summed E-state index contributed by atoms with van der Waals surface area (Å²) >= 11 is 0. The first-order chi connectivity index (χ1) is 31.8. The van der Waals surface area contributed by atoms with E-state index in [4.69, 9.17) is 9.97 Å². The van der Waals surface area contributed by atoms with E-state index in [1.807, 2.05) is 0 Å². The molecule has 2 heterocycles. The van der Waals surface area contributed by atoms with Crippen LogP contribution < -0.4 is 0 Å². The molecule has 1 radical (unpaired) electrons. The first-order valence-electron chi connectivity index (χ1n) is 23.5. The van der Waals surface area contributed by atoms with Crippen molar-refractivity contribution in [3.63, 3.8) is 0 Å². The number of carbonyl (C=O) groups is 1. The number of aliphatic hydroxyl groups is 1. The average molecular weight is 1110 g/mol. The molecule has 8 aromatic rings. The molecule has 8 rings (SSSR count). The largest absolute Gasteiger partial charge is 0.512 e. The van der Waals surface area contributed by atoms with Crippen LogP contribution >= 0.6 is 0 Å². The molecule has 1 N–H and O–H groups in total. The van der Waals surface area contributed by atoms with E-state index in [0.29, 0.717) is 12.8 Å². The fraction of sp³-hybridized carbons (Fsp3) is 0.328. The summed E-state index contributed by atoms with van der Waals surface area (Å²) < 4.78 is 35.3. The van der Waals surface area contributed by atoms with Gasteiger partial charge in [-0.1, -0.05) is 138 Å². The van der Waals surface area contributed by atoms with E-state index < -0.39 is 17.7 Å². The van der Waals surface area contributed by atoms with Gasteiger partial charge in [0.25, 0.3) is 5.78 Å². The van der Waals surface area contributed by atoms with Crippen LogP contribution in [0.3, 0.4) is 0 Å². The van der Waals surface area contributed by atoms with Crippen LogP contribution in [0, 0.1) is 59.6 Å².